The molecule has 5 nitrogen and oxygen atoms in total. The Morgan fingerprint density at radius 2 is 1.84 bits per heavy atom. The maximum atomic E-state index is 12.9. The molecule has 4 rings (SSSR count). The Kier molecular flexibility index (Phi) is 6.34. The van der Waals surface area contributed by atoms with E-state index in [4.69, 9.17) is 11.6 Å². The first-order chi connectivity index (χ1) is 15.5. The van der Waals surface area contributed by atoms with Crippen LogP contribution in [0.4, 0.5) is 5.82 Å². The lowest BCUT2D eigenvalue weighted by atomic mass is 10.1. The number of aromatic nitrogens is 3. The maximum Gasteiger partial charge on any atom is 0.258 e. The van der Waals surface area contributed by atoms with Crippen molar-refractivity contribution in [2.24, 2.45) is 0 Å². The molecular weight excluding hydrogens is 420 g/mol. The fourth-order valence-electron chi connectivity index (χ4n) is 3.17. The summed E-state index contributed by atoms with van der Waals surface area (Å²) >= 11 is 6.32. The van der Waals surface area contributed by atoms with E-state index in [0.29, 0.717) is 16.4 Å². The summed E-state index contributed by atoms with van der Waals surface area (Å²) in [5.74, 6) is 6.35. The monoisotopic (exact) mass is 440 g/mol. The minimum absolute atomic E-state index is 0.328. The number of anilines is 1. The molecule has 4 aromatic rings. The Bertz CT molecular complexity index is 1330. The molecule has 6 heteroatoms. The summed E-state index contributed by atoms with van der Waals surface area (Å²) < 4.78 is 1.83. The van der Waals surface area contributed by atoms with E-state index in [0.717, 1.165) is 34.5 Å². The summed E-state index contributed by atoms with van der Waals surface area (Å²) in [6.45, 7) is 4.68. The van der Waals surface area contributed by atoms with E-state index in [-0.39, 0.29) is 5.91 Å². The number of nitrogens with zero attached hydrogens (tertiary/aromatic N) is 3. The van der Waals surface area contributed by atoms with Crippen LogP contribution in [-0.2, 0) is 6.54 Å². The highest BCUT2D eigenvalue weighted by Crippen LogP contribution is 2.25. The first kappa shape index (κ1) is 21.4. The van der Waals surface area contributed by atoms with Crippen LogP contribution in [0.1, 0.15) is 34.0 Å². The Morgan fingerprint density at radius 3 is 2.56 bits per heavy atom. The summed E-state index contributed by atoms with van der Waals surface area (Å²) in [6.07, 6.45) is 3.55. The molecule has 1 amide bonds. The second-order valence-corrected chi connectivity index (χ2v) is 7.62. The fourth-order valence-corrected chi connectivity index (χ4v) is 3.37. The average Bonchev–Trinajstić information content (AvgIpc) is 3.29. The van der Waals surface area contributed by atoms with Gasteiger partial charge in [0.2, 0.25) is 0 Å². The number of benzene rings is 2. The molecule has 32 heavy (non-hydrogen) atoms. The first-order valence-electron chi connectivity index (χ1n) is 10.2. The summed E-state index contributed by atoms with van der Waals surface area (Å²) in [6, 6.07) is 18.9. The number of amides is 1. The number of halogens is 1. The Hall–Kier alpha value is -3.88. The van der Waals surface area contributed by atoms with Crippen LogP contribution in [0.2, 0.25) is 5.02 Å². The SMILES string of the molecule is CCn1ccc(-c2ccc(Cl)c(C(=O)Nc3ncc(C#Cc4ccccc4)cc3C)c2)n1. The molecule has 0 radical (unpaired) electrons. The molecule has 0 fully saturated rings. The van der Waals surface area contributed by atoms with Crippen molar-refractivity contribution in [1.29, 1.82) is 0 Å². The molecule has 0 unspecified atom stereocenters. The molecule has 158 valence electrons. The lowest BCUT2D eigenvalue weighted by Gasteiger charge is -2.10. The number of rotatable bonds is 4. The van der Waals surface area contributed by atoms with E-state index in [1.165, 1.54) is 0 Å². The molecule has 2 aromatic carbocycles. The van der Waals surface area contributed by atoms with E-state index in [1.54, 1.807) is 18.3 Å². The molecular formula is C26H21ClN4O. The molecule has 0 aliphatic rings. The number of pyridine rings is 1. The number of hydrogen-bond donors (Lipinski definition) is 1. The maximum absolute atomic E-state index is 12.9. The van der Waals surface area contributed by atoms with Crippen LogP contribution in [-0.4, -0.2) is 20.7 Å². The van der Waals surface area contributed by atoms with E-state index in [2.05, 4.69) is 27.2 Å². The quantitative estimate of drug-likeness (QED) is 0.421. The zero-order valence-electron chi connectivity index (χ0n) is 17.8. The molecule has 0 saturated heterocycles. The van der Waals surface area contributed by atoms with Crippen molar-refractivity contribution < 1.29 is 4.79 Å². The van der Waals surface area contributed by atoms with Crippen LogP contribution >= 0.6 is 11.6 Å². The highest BCUT2D eigenvalue weighted by molar-refractivity contribution is 6.34. The Balaban J connectivity index is 1.54. The predicted molar refractivity (Wildman–Crippen MR) is 128 cm³/mol. The van der Waals surface area contributed by atoms with E-state index in [9.17, 15) is 4.79 Å². The first-order valence-corrected chi connectivity index (χ1v) is 10.6. The van der Waals surface area contributed by atoms with Crippen molar-refractivity contribution in [2.45, 2.75) is 20.4 Å². The molecule has 0 aliphatic carbocycles. The molecule has 0 spiro atoms. The van der Waals surface area contributed by atoms with Crippen LogP contribution in [0.25, 0.3) is 11.3 Å². The smallest absolute Gasteiger partial charge is 0.258 e. The number of carbonyl (C=O) groups is 1. The number of carbonyl (C=O) groups excluding carboxylic acids is 1. The van der Waals surface area contributed by atoms with Gasteiger partial charge in [0.15, 0.2) is 0 Å². The van der Waals surface area contributed by atoms with Crippen LogP contribution < -0.4 is 5.32 Å². The third-order valence-electron chi connectivity index (χ3n) is 4.91. The van der Waals surface area contributed by atoms with Gasteiger partial charge in [-0.05, 0) is 55.8 Å². The molecule has 2 aromatic heterocycles. The van der Waals surface area contributed by atoms with Gasteiger partial charge in [-0.15, -0.1) is 0 Å². The molecule has 0 atom stereocenters. The van der Waals surface area contributed by atoms with Gasteiger partial charge >= 0.3 is 0 Å². The normalized spacial score (nSPS) is 10.3. The van der Waals surface area contributed by atoms with Gasteiger partial charge in [-0.25, -0.2) is 4.98 Å². The van der Waals surface area contributed by atoms with Crippen molar-refractivity contribution in [3.05, 3.63) is 100 Å². The van der Waals surface area contributed by atoms with Gasteiger partial charge in [0.05, 0.1) is 16.3 Å². The van der Waals surface area contributed by atoms with Gasteiger partial charge < -0.3 is 5.32 Å². The fraction of sp³-hybridized carbons (Fsp3) is 0.115. The van der Waals surface area contributed by atoms with E-state index < -0.39 is 0 Å². The van der Waals surface area contributed by atoms with Gasteiger partial charge in [-0.2, -0.15) is 5.10 Å². The van der Waals surface area contributed by atoms with Crippen molar-refractivity contribution in [1.82, 2.24) is 14.8 Å². The lowest BCUT2D eigenvalue weighted by molar-refractivity contribution is 0.102. The van der Waals surface area contributed by atoms with Gasteiger partial charge in [-0.1, -0.05) is 47.7 Å². The van der Waals surface area contributed by atoms with Gasteiger partial charge in [-0.3, -0.25) is 9.48 Å². The topological polar surface area (TPSA) is 59.8 Å². The van der Waals surface area contributed by atoms with Crippen LogP contribution in [0.5, 0.6) is 0 Å². The summed E-state index contributed by atoms with van der Waals surface area (Å²) in [5, 5.41) is 7.71. The van der Waals surface area contributed by atoms with Gasteiger partial charge in [0, 0.05) is 35.6 Å². The molecule has 0 saturated carbocycles. The highest BCUT2D eigenvalue weighted by Gasteiger charge is 2.15. The summed E-state index contributed by atoms with van der Waals surface area (Å²) in [5.41, 5.74) is 4.49. The molecule has 0 bridgehead atoms. The number of nitrogens with one attached hydrogen (secondary N) is 1. The standard InChI is InChI=1S/C26H21ClN4O/c1-3-31-14-13-24(30-31)21-11-12-23(27)22(16-21)26(32)29-25-18(2)15-20(17-28-25)10-9-19-7-5-4-6-8-19/h4-8,11-17H,3H2,1-2H3,(H,28,29,32). The molecule has 0 aliphatic heterocycles. The second-order valence-electron chi connectivity index (χ2n) is 7.21. The Labute approximate surface area is 192 Å². The van der Waals surface area contributed by atoms with Crippen molar-refractivity contribution in [3.8, 4) is 23.1 Å². The van der Waals surface area contributed by atoms with Gasteiger partial charge in [0.25, 0.3) is 5.91 Å². The van der Waals surface area contributed by atoms with E-state index >= 15 is 0 Å². The predicted octanol–water partition coefficient (Wildman–Crippen LogP) is 5.58. The minimum Gasteiger partial charge on any atom is -0.306 e. The third-order valence-corrected chi connectivity index (χ3v) is 5.24. The summed E-state index contributed by atoms with van der Waals surface area (Å²) in [7, 11) is 0. The highest BCUT2D eigenvalue weighted by atomic mass is 35.5. The largest absolute Gasteiger partial charge is 0.306 e. The molecule has 1 N–H and O–H groups in total. The average molecular weight is 441 g/mol. The zero-order chi connectivity index (χ0) is 22.5. The van der Waals surface area contributed by atoms with Crippen molar-refractivity contribution in [3.63, 3.8) is 0 Å². The minimum atomic E-state index is -0.328. The molecule has 2 heterocycles. The summed E-state index contributed by atoms with van der Waals surface area (Å²) in [4.78, 5) is 17.3. The lowest BCUT2D eigenvalue weighted by Crippen LogP contribution is -2.14. The zero-order valence-corrected chi connectivity index (χ0v) is 18.5. The Morgan fingerprint density at radius 1 is 1.06 bits per heavy atom. The number of hydrogen-bond acceptors (Lipinski definition) is 3. The van der Waals surface area contributed by atoms with Crippen LogP contribution in [0.15, 0.2) is 73.1 Å². The third kappa shape index (κ3) is 4.88. The van der Waals surface area contributed by atoms with E-state index in [1.807, 2.05) is 73.3 Å². The second kappa shape index (κ2) is 9.51. The van der Waals surface area contributed by atoms with Crippen LogP contribution in [0.3, 0.4) is 0 Å². The van der Waals surface area contributed by atoms with Gasteiger partial charge in [0.1, 0.15) is 5.82 Å². The van der Waals surface area contributed by atoms with Crippen LogP contribution in [0, 0.1) is 18.8 Å². The van der Waals surface area contributed by atoms with Crippen molar-refractivity contribution in [2.75, 3.05) is 5.32 Å². The van der Waals surface area contributed by atoms with Crippen molar-refractivity contribution >= 4 is 23.3 Å². The number of aryl methyl sites for hydroxylation is 2.